The molecule has 0 spiro atoms. The Morgan fingerprint density at radius 3 is 2.50 bits per heavy atom. The molecule has 3 aromatic rings. The Morgan fingerprint density at radius 2 is 1.88 bits per heavy atom. The van der Waals surface area contributed by atoms with Gasteiger partial charge in [0.15, 0.2) is 0 Å². The minimum Gasteiger partial charge on any atom is -0.507 e. The molecule has 1 aliphatic rings. The summed E-state index contributed by atoms with van der Waals surface area (Å²) in [7, 11) is 0. The maximum absolute atomic E-state index is 13.2. The lowest BCUT2D eigenvalue weighted by atomic mass is 9.87. The van der Waals surface area contributed by atoms with E-state index in [9.17, 15) is 14.7 Å². The summed E-state index contributed by atoms with van der Waals surface area (Å²) in [6, 6.07) is 5.97. The largest absolute Gasteiger partial charge is 0.507 e. The van der Waals surface area contributed by atoms with Gasteiger partial charge in [0.05, 0.1) is 21.8 Å². The van der Waals surface area contributed by atoms with Crippen molar-refractivity contribution >= 4 is 18.6 Å². The molecular formula is C25H26N2O5. The van der Waals surface area contributed by atoms with Crippen molar-refractivity contribution in [2.75, 3.05) is 0 Å². The molecule has 0 saturated carbocycles. The first-order valence-electron chi connectivity index (χ1n) is 10.4. The zero-order chi connectivity index (χ0) is 23.4. The number of aromatic hydroxyl groups is 1. The average Bonchev–Trinajstić information content (AvgIpc) is 3.03. The minimum absolute atomic E-state index is 0.127. The number of aromatic carboxylic acids is 1. The van der Waals surface area contributed by atoms with E-state index < -0.39 is 5.97 Å². The molecule has 4 rings (SSSR count). The van der Waals surface area contributed by atoms with Gasteiger partial charge in [-0.05, 0) is 82.0 Å². The van der Waals surface area contributed by atoms with Gasteiger partial charge in [0.25, 0.3) is 5.56 Å². The Morgan fingerprint density at radius 1 is 1.22 bits per heavy atom. The van der Waals surface area contributed by atoms with Crippen LogP contribution in [0, 0.1) is 13.8 Å². The van der Waals surface area contributed by atoms with Crippen LogP contribution in [0.5, 0.6) is 11.5 Å². The van der Waals surface area contributed by atoms with Gasteiger partial charge in [-0.3, -0.25) is 9.89 Å². The van der Waals surface area contributed by atoms with Gasteiger partial charge in [0.2, 0.25) is 0 Å². The molecule has 7 nitrogen and oxygen atoms in total. The number of carboxylic acid groups (broad SMARTS) is 1. The van der Waals surface area contributed by atoms with Crippen LogP contribution in [0.4, 0.5) is 0 Å². The third kappa shape index (κ3) is 3.49. The smallest absolute Gasteiger partial charge is 0.335 e. The molecule has 1 aliphatic heterocycles. The molecule has 0 saturated heterocycles. The lowest BCUT2D eigenvalue weighted by molar-refractivity contribution is 0.0696. The highest BCUT2D eigenvalue weighted by Crippen LogP contribution is 2.43. The highest BCUT2D eigenvalue weighted by Gasteiger charge is 2.31. The van der Waals surface area contributed by atoms with Crippen molar-refractivity contribution in [3.05, 3.63) is 73.0 Å². The second-order valence-electron chi connectivity index (χ2n) is 8.82. The zero-order valence-electron chi connectivity index (χ0n) is 18.6. The fraction of sp³-hybridized carbons (Fsp3) is 0.280. The van der Waals surface area contributed by atoms with Crippen LogP contribution in [-0.4, -0.2) is 31.6 Å². The number of benzene rings is 2. The number of nitrogens with one attached hydrogen (secondary N) is 1. The summed E-state index contributed by atoms with van der Waals surface area (Å²) in [4.78, 5) is 24.3. The van der Waals surface area contributed by atoms with Crippen LogP contribution >= 0.6 is 0 Å². The summed E-state index contributed by atoms with van der Waals surface area (Å²) >= 11 is 0. The summed E-state index contributed by atoms with van der Waals surface area (Å²) in [5.41, 5.74) is 3.00. The number of phenols is 1. The molecule has 3 N–H and O–H groups in total. The first-order valence-corrected chi connectivity index (χ1v) is 10.4. The van der Waals surface area contributed by atoms with Crippen molar-refractivity contribution in [3.63, 3.8) is 0 Å². The van der Waals surface area contributed by atoms with E-state index in [1.807, 2.05) is 27.7 Å². The molecule has 7 heteroatoms. The Hall–Kier alpha value is -3.74. The monoisotopic (exact) mass is 434 g/mol. The fourth-order valence-corrected chi connectivity index (χ4v) is 4.06. The van der Waals surface area contributed by atoms with Gasteiger partial charge in [-0.15, -0.1) is 0 Å². The van der Waals surface area contributed by atoms with Crippen LogP contribution in [0.15, 0.2) is 29.1 Å². The summed E-state index contributed by atoms with van der Waals surface area (Å²) in [5.74, 6) is -0.155. The number of rotatable bonds is 3. The summed E-state index contributed by atoms with van der Waals surface area (Å²) < 4.78 is 7.55. The van der Waals surface area contributed by atoms with Gasteiger partial charge < -0.3 is 14.9 Å². The Labute approximate surface area is 184 Å². The van der Waals surface area contributed by atoms with Crippen LogP contribution in [0.3, 0.4) is 0 Å². The highest BCUT2D eigenvalue weighted by atomic mass is 16.5. The molecule has 0 radical (unpaired) electrons. The molecule has 166 valence electrons. The van der Waals surface area contributed by atoms with E-state index in [1.54, 1.807) is 18.2 Å². The summed E-state index contributed by atoms with van der Waals surface area (Å²) in [5, 5.41) is 23.7. The number of H-pyrrole nitrogens is 1. The molecule has 32 heavy (non-hydrogen) atoms. The number of phenolic OH excluding ortho intramolecular Hbond substituents is 1. The molecule has 0 aliphatic carbocycles. The Bertz CT molecular complexity index is 1410. The van der Waals surface area contributed by atoms with Crippen molar-refractivity contribution in [2.45, 2.75) is 46.1 Å². The van der Waals surface area contributed by atoms with Gasteiger partial charge >= 0.3 is 5.97 Å². The average molecular weight is 434 g/mol. The fourth-order valence-electron chi connectivity index (χ4n) is 4.06. The van der Waals surface area contributed by atoms with Gasteiger partial charge in [0, 0.05) is 11.1 Å². The minimum atomic E-state index is -1.04. The number of carbonyl (C=O) groups is 1. The van der Waals surface area contributed by atoms with E-state index in [4.69, 9.17) is 9.84 Å². The third-order valence-corrected chi connectivity index (χ3v) is 6.13. The lowest BCUT2D eigenvalue weighted by Crippen LogP contribution is -2.35. The van der Waals surface area contributed by atoms with Crippen molar-refractivity contribution in [2.24, 2.45) is 0 Å². The van der Waals surface area contributed by atoms with Crippen molar-refractivity contribution in [3.8, 4) is 17.2 Å². The number of hydrogen-bond acceptors (Lipinski definition) is 4. The third-order valence-electron chi connectivity index (χ3n) is 6.13. The first-order chi connectivity index (χ1) is 15.0. The van der Waals surface area contributed by atoms with Crippen molar-refractivity contribution in [1.82, 2.24) is 9.78 Å². The van der Waals surface area contributed by atoms with Gasteiger partial charge in [-0.25, -0.2) is 9.48 Å². The standard InChI is InChI=1S/C25H26N2O5/c1-13-14(2)22-18(10-11-25(4,5)32-22)20(21(13)28)12-19-15(3)26-27(23(19)29)17-8-6-16(7-9-17)24(30)31/h6-9,12,26,28H,3,10-11H2,1-2,4-5H3,(H,30,31). The van der Waals surface area contributed by atoms with Gasteiger partial charge in [-0.2, -0.15) is 0 Å². The first kappa shape index (κ1) is 21.5. The van der Waals surface area contributed by atoms with Crippen LogP contribution in [0.2, 0.25) is 0 Å². The zero-order valence-corrected chi connectivity index (χ0v) is 18.6. The van der Waals surface area contributed by atoms with E-state index in [0.717, 1.165) is 23.3 Å². The Kier molecular flexibility index (Phi) is 5.00. The predicted molar refractivity (Wildman–Crippen MR) is 122 cm³/mol. The number of aromatic amines is 1. The normalized spacial score (nSPS) is 15.3. The topological polar surface area (TPSA) is 105 Å². The number of hydrogen-bond donors (Lipinski definition) is 3. The molecule has 1 aromatic heterocycles. The van der Waals surface area contributed by atoms with E-state index in [2.05, 4.69) is 11.7 Å². The number of carboxylic acids is 1. The maximum Gasteiger partial charge on any atom is 0.335 e. The predicted octanol–water partition coefficient (Wildman–Crippen LogP) is 2.53. The number of ether oxygens (including phenoxy) is 1. The molecule has 0 bridgehead atoms. The number of nitrogens with zero attached hydrogens (tertiary/aromatic N) is 1. The summed E-state index contributed by atoms with van der Waals surface area (Å²) in [6.45, 7) is 11.8. The van der Waals surface area contributed by atoms with Crippen LogP contribution < -0.4 is 20.9 Å². The van der Waals surface area contributed by atoms with Crippen LogP contribution in [0.25, 0.3) is 18.3 Å². The quantitative estimate of drug-likeness (QED) is 0.588. The molecule has 0 unspecified atom stereocenters. The van der Waals surface area contributed by atoms with Crippen LogP contribution in [-0.2, 0) is 6.42 Å². The summed E-state index contributed by atoms with van der Waals surface area (Å²) in [6.07, 6.45) is 3.16. The molecule has 2 aromatic carbocycles. The van der Waals surface area contributed by atoms with Crippen molar-refractivity contribution in [1.29, 1.82) is 0 Å². The van der Waals surface area contributed by atoms with E-state index in [0.29, 0.717) is 33.8 Å². The number of fused-ring (bicyclic) bond motifs is 1. The molecule has 2 heterocycles. The molecular weight excluding hydrogens is 408 g/mol. The highest BCUT2D eigenvalue weighted by molar-refractivity contribution is 5.87. The molecule has 0 amide bonds. The molecule has 0 fully saturated rings. The van der Waals surface area contributed by atoms with Gasteiger partial charge in [-0.1, -0.05) is 6.58 Å². The SMILES string of the molecule is C=c1[nH]n(-c2ccc(C(=O)O)cc2)c(=O)c1=Cc1c(O)c(C)c(C)c2c1CCC(C)(C)O2. The number of aromatic nitrogens is 2. The van der Waals surface area contributed by atoms with E-state index >= 15 is 0 Å². The van der Waals surface area contributed by atoms with E-state index in [1.165, 1.54) is 16.8 Å². The lowest BCUT2D eigenvalue weighted by Gasteiger charge is -2.35. The molecule has 0 atom stereocenters. The van der Waals surface area contributed by atoms with Gasteiger partial charge in [0.1, 0.15) is 17.1 Å². The maximum atomic E-state index is 13.2. The van der Waals surface area contributed by atoms with Crippen LogP contribution in [0.1, 0.15) is 52.9 Å². The van der Waals surface area contributed by atoms with Crippen molar-refractivity contribution < 1.29 is 19.7 Å². The van der Waals surface area contributed by atoms with E-state index in [-0.39, 0.29) is 22.5 Å². The second kappa shape index (κ2) is 7.44. The second-order valence-corrected chi connectivity index (χ2v) is 8.82. The Balaban J connectivity index is 1.91.